The Kier molecular flexibility index (Phi) is 8.39. The minimum Gasteiger partial charge on any atom is -0.355 e. The Hall–Kier alpha value is -2.28. The highest BCUT2D eigenvalue weighted by molar-refractivity contribution is 7.18. The molecule has 146 valence electrons. The van der Waals surface area contributed by atoms with Crippen LogP contribution in [0.4, 0.5) is 5.13 Å². The molecule has 2 rings (SSSR count). The third kappa shape index (κ3) is 6.75. The van der Waals surface area contributed by atoms with Gasteiger partial charge in [0.1, 0.15) is 5.01 Å². The summed E-state index contributed by atoms with van der Waals surface area (Å²) in [4.78, 5) is 24.2. The quantitative estimate of drug-likeness (QED) is 0.640. The second kappa shape index (κ2) is 10.8. The summed E-state index contributed by atoms with van der Waals surface area (Å²) in [7, 11) is 0. The van der Waals surface area contributed by atoms with E-state index in [1.165, 1.54) is 11.3 Å². The fourth-order valence-electron chi connectivity index (χ4n) is 2.76. The Morgan fingerprint density at radius 3 is 2.74 bits per heavy atom. The molecule has 0 spiro atoms. The lowest BCUT2D eigenvalue weighted by atomic mass is 9.98. The molecule has 0 saturated heterocycles. The summed E-state index contributed by atoms with van der Waals surface area (Å²) in [5, 5.41) is 15.0. The zero-order valence-electron chi connectivity index (χ0n) is 16.2. The van der Waals surface area contributed by atoms with Gasteiger partial charge in [0, 0.05) is 24.4 Å². The van der Waals surface area contributed by atoms with Gasteiger partial charge in [-0.15, -0.1) is 10.2 Å². The van der Waals surface area contributed by atoms with E-state index in [0.29, 0.717) is 11.7 Å². The molecule has 2 aromatic rings. The van der Waals surface area contributed by atoms with Crippen LogP contribution >= 0.6 is 11.3 Å². The van der Waals surface area contributed by atoms with E-state index in [4.69, 9.17) is 0 Å². The Labute approximate surface area is 164 Å². The zero-order valence-corrected chi connectivity index (χ0v) is 17.1. The third-order valence-electron chi connectivity index (χ3n) is 4.36. The van der Waals surface area contributed by atoms with Crippen molar-refractivity contribution < 1.29 is 9.59 Å². The maximum atomic E-state index is 12.1. The number of unbranched alkanes of at least 4 members (excludes halogenated alkanes) is 1. The van der Waals surface area contributed by atoms with Gasteiger partial charge in [0.15, 0.2) is 0 Å². The number of nitrogens with one attached hydrogen (secondary N) is 2. The molecule has 1 aromatic carbocycles. The van der Waals surface area contributed by atoms with Gasteiger partial charge in [0.25, 0.3) is 0 Å². The third-order valence-corrected chi connectivity index (χ3v) is 5.25. The van der Waals surface area contributed by atoms with Crippen molar-refractivity contribution in [3.05, 3.63) is 29.8 Å². The predicted molar refractivity (Wildman–Crippen MR) is 110 cm³/mol. The summed E-state index contributed by atoms with van der Waals surface area (Å²) >= 11 is 1.34. The fourth-order valence-corrected chi connectivity index (χ4v) is 3.52. The average molecular weight is 389 g/mol. The molecule has 1 unspecified atom stereocenters. The molecule has 6 nitrogen and oxygen atoms in total. The molecule has 2 N–H and O–H groups in total. The molecule has 0 saturated carbocycles. The summed E-state index contributed by atoms with van der Waals surface area (Å²) in [5.41, 5.74) is 2.13. The first-order valence-corrected chi connectivity index (χ1v) is 10.3. The molecular weight excluding hydrogens is 360 g/mol. The van der Waals surface area contributed by atoms with E-state index in [9.17, 15) is 9.59 Å². The van der Waals surface area contributed by atoms with Crippen LogP contribution in [-0.2, 0) is 9.59 Å². The number of rotatable bonds is 10. The van der Waals surface area contributed by atoms with Crippen LogP contribution in [0.5, 0.6) is 0 Å². The topological polar surface area (TPSA) is 84.0 Å². The molecule has 2 amide bonds. The van der Waals surface area contributed by atoms with E-state index in [-0.39, 0.29) is 24.2 Å². The van der Waals surface area contributed by atoms with Crippen molar-refractivity contribution in [2.75, 3.05) is 11.9 Å². The van der Waals surface area contributed by atoms with E-state index >= 15 is 0 Å². The number of carbonyl (C=O) groups is 2. The number of hydrogen-bond donors (Lipinski definition) is 2. The summed E-state index contributed by atoms with van der Waals surface area (Å²) in [6.45, 7) is 6.49. The SMILES string of the molecule is CCCCC(CC)C(=O)NCCC(=O)Nc1nnc(-c2cccc(C)c2)s1. The van der Waals surface area contributed by atoms with Crippen molar-refractivity contribution in [2.24, 2.45) is 5.92 Å². The number of carbonyl (C=O) groups excluding carboxylic acids is 2. The smallest absolute Gasteiger partial charge is 0.227 e. The molecule has 1 heterocycles. The van der Waals surface area contributed by atoms with Crippen molar-refractivity contribution in [3.63, 3.8) is 0 Å². The molecule has 0 aliphatic heterocycles. The lowest BCUT2D eigenvalue weighted by Gasteiger charge is -2.14. The summed E-state index contributed by atoms with van der Waals surface area (Å²) in [6.07, 6.45) is 4.07. The second-order valence-electron chi connectivity index (χ2n) is 6.62. The highest BCUT2D eigenvalue weighted by atomic mass is 32.1. The van der Waals surface area contributed by atoms with Gasteiger partial charge in [-0.05, 0) is 25.8 Å². The summed E-state index contributed by atoms with van der Waals surface area (Å²) in [6, 6.07) is 7.99. The molecule has 0 radical (unpaired) electrons. The van der Waals surface area contributed by atoms with Crippen molar-refractivity contribution >= 4 is 28.3 Å². The second-order valence-corrected chi connectivity index (χ2v) is 7.60. The highest BCUT2D eigenvalue weighted by Crippen LogP contribution is 2.26. The maximum absolute atomic E-state index is 12.1. The van der Waals surface area contributed by atoms with Crippen LogP contribution in [0.2, 0.25) is 0 Å². The van der Waals surface area contributed by atoms with Crippen LogP contribution < -0.4 is 10.6 Å². The molecule has 0 bridgehead atoms. The van der Waals surface area contributed by atoms with Crippen molar-refractivity contribution in [1.82, 2.24) is 15.5 Å². The number of hydrogen-bond acceptors (Lipinski definition) is 5. The first-order chi connectivity index (χ1) is 13.0. The van der Waals surface area contributed by atoms with Crippen LogP contribution in [0.3, 0.4) is 0 Å². The Bertz CT molecular complexity index is 760. The number of aromatic nitrogens is 2. The van der Waals surface area contributed by atoms with E-state index in [0.717, 1.165) is 41.8 Å². The minimum absolute atomic E-state index is 0.0352. The molecular formula is C20H28N4O2S. The minimum atomic E-state index is -0.177. The average Bonchev–Trinajstić information content (AvgIpc) is 3.11. The zero-order chi connectivity index (χ0) is 19.6. The molecule has 27 heavy (non-hydrogen) atoms. The Balaban J connectivity index is 1.78. The molecule has 1 atom stereocenters. The van der Waals surface area contributed by atoms with Crippen LogP contribution in [0.1, 0.15) is 51.5 Å². The van der Waals surface area contributed by atoms with Crippen molar-refractivity contribution in [1.29, 1.82) is 0 Å². The monoisotopic (exact) mass is 388 g/mol. The van der Waals surface area contributed by atoms with E-state index in [1.807, 2.05) is 38.1 Å². The van der Waals surface area contributed by atoms with Crippen LogP contribution in [0.15, 0.2) is 24.3 Å². The highest BCUT2D eigenvalue weighted by Gasteiger charge is 2.16. The lowest BCUT2D eigenvalue weighted by Crippen LogP contribution is -2.32. The van der Waals surface area contributed by atoms with Crippen LogP contribution in [0, 0.1) is 12.8 Å². The molecule has 1 aromatic heterocycles. The number of amides is 2. The van der Waals surface area contributed by atoms with Gasteiger partial charge in [-0.3, -0.25) is 9.59 Å². The molecule has 0 aliphatic carbocycles. The molecule has 0 fully saturated rings. The first-order valence-electron chi connectivity index (χ1n) is 9.51. The van der Waals surface area contributed by atoms with E-state index in [2.05, 4.69) is 27.8 Å². The number of anilines is 1. The van der Waals surface area contributed by atoms with Crippen molar-refractivity contribution in [2.45, 2.75) is 52.9 Å². The van der Waals surface area contributed by atoms with Gasteiger partial charge < -0.3 is 10.6 Å². The van der Waals surface area contributed by atoms with Crippen molar-refractivity contribution in [3.8, 4) is 10.6 Å². The van der Waals surface area contributed by atoms with Crippen LogP contribution in [-0.4, -0.2) is 28.6 Å². The molecule has 0 aliphatic rings. The largest absolute Gasteiger partial charge is 0.355 e. The molecule has 7 heteroatoms. The van der Waals surface area contributed by atoms with E-state index in [1.54, 1.807) is 0 Å². The van der Waals surface area contributed by atoms with E-state index < -0.39 is 0 Å². The normalized spacial score (nSPS) is 11.8. The fraction of sp³-hybridized carbons (Fsp3) is 0.500. The van der Waals surface area contributed by atoms with Gasteiger partial charge in [-0.25, -0.2) is 0 Å². The Morgan fingerprint density at radius 2 is 2.04 bits per heavy atom. The standard InChI is InChI=1S/C20H28N4O2S/c1-4-6-9-15(5-2)18(26)21-12-11-17(25)22-20-24-23-19(27-20)16-10-7-8-14(3)13-16/h7-8,10,13,15H,4-6,9,11-12H2,1-3H3,(H,21,26)(H,22,24,25). The van der Waals surface area contributed by atoms with Gasteiger partial charge in [-0.1, -0.05) is 61.8 Å². The number of nitrogens with zero attached hydrogens (tertiary/aromatic N) is 2. The van der Waals surface area contributed by atoms with Crippen LogP contribution in [0.25, 0.3) is 10.6 Å². The lowest BCUT2D eigenvalue weighted by molar-refractivity contribution is -0.125. The number of benzene rings is 1. The van der Waals surface area contributed by atoms with Gasteiger partial charge >= 0.3 is 0 Å². The summed E-state index contributed by atoms with van der Waals surface area (Å²) < 4.78 is 0. The predicted octanol–water partition coefficient (Wildman–Crippen LogP) is 4.17. The Morgan fingerprint density at radius 1 is 1.22 bits per heavy atom. The van der Waals surface area contributed by atoms with Gasteiger partial charge in [0.05, 0.1) is 0 Å². The maximum Gasteiger partial charge on any atom is 0.227 e. The van der Waals surface area contributed by atoms with Gasteiger partial charge in [-0.2, -0.15) is 0 Å². The summed E-state index contributed by atoms with van der Waals surface area (Å²) in [5.74, 6) is -0.103. The first kappa shape index (κ1) is 21.0. The van der Waals surface area contributed by atoms with Gasteiger partial charge in [0.2, 0.25) is 16.9 Å². The number of aryl methyl sites for hydroxylation is 1.